The van der Waals surface area contributed by atoms with Crippen LogP contribution in [0.15, 0.2) is 71.7 Å². The number of methoxy groups -OCH3 is 1. The second kappa shape index (κ2) is 8.05. The summed E-state index contributed by atoms with van der Waals surface area (Å²) in [6.07, 6.45) is 0. The number of halogens is 2. The molecule has 0 radical (unpaired) electrons. The first-order chi connectivity index (χ1) is 14.0. The zero-order valence-electron chi connectivity index (χ0n) is 15.7. The van der Waals surface area contributed by atoms with Gasteiger partial charge in [-0.2, -0.15) is 0 Å². The maximum absolute atomic E-state index is 13.4. The molecule has 3 aromatic carbocycles. The number of nitrogens with zero attached hydrogens (tertiary/aromatic N) is 2. The lowest BCUT2D eigenvalue weighted by Crippen LogP contribution is -2.31. The molecule has 146 valence electrons. The summed E-state index contributed by atoms with van der Waals surface area (Å²) in [6.45, 7) is 0.388. The molecule has 0 N–H and O–H groups in total. The third kappa shape index (κ3) is 4.00. The first-order valence-electron chi connectivity index (χ1n) is 9.09. The van der Waals surface area contributed by atoms with Crippen LogP contribution in [0, 0.1) is 5.82 Å². The summed E-state index contributed by atoms with van der Waals surface area (Å²) in [6, 6.07) is 19.0. The van der Waals surface area contributed by atoms with E-state index in [-0.39, 0.29) is 18.3 Å². The summed E-state index contributed by atoms with van der Waals surface area (Å²) < 4.78 is 18.6. The summed E-state index contributed by atoms with van der Waals surface area (Å²) in [4.78, 5) is 19.2. The molecule has 3 aromatic rings. The van der Waals surface area contributed by atoms with Crippen molar-refractivity contribution in [2.75, 3.05) is 18.6 Å². The van der Waals surface area contributed by atoms with Gasteiger partial charge in [0, 0.05) is 16.1 Å². The van der Waals surface area contributed by atoms with Crippen LogP contribution in [0.1, 0.15) is 16.7 Å². The topological polar surface area (TPSA) is 41.9 Å². The third-order valence-corrected chi connectivity index (χ3v) is 5.03. The van der Waals surface area contributed by atoms with Crippen molar-refractivity contribution in [3.05, 3.63) is 94.3 Å². The van der Waals surface area contributed by atoms with E-state index in [1.165, 1.54) is 12.1 Å². The van der Waals surface area contributed by atoms with Crippen LogP contribution in [0.25, 0.3) is 0 Å². The van der Waals surface area contributed by atoms with E-state index in [0.29, 0.717) is 17.3 Å². The van der Waals surface area contributed by atoms with Crippen molar-refractivity contribution in [3.63, 3.8) is 0 Å². The highest BCUT2D eigenvalue weighted by atomic mass is 35.5. The second-order valence-corrected chi connectivity index (χ2v) is 7.10. The second-order valence-electron chi connectivity index (χ2n) is 6.66. The molecule has 1 amide bonds. The molecular formula is C23H18ClFN2O2. The normalized spacial score (nSPS) is 13.6. The lowest BCUT2D eigenvalue weighted by molar-refractivity contribution is -0.117. The standard InChI is InChI=1S/C23H18ClFN2O2/c1-29-19-9-2-15(3-10-19)14-27-21-11-6-17(24)12-20(21)23(26-13-22(27)28)16-4-7-18(25)8-5-16/h2-12H,13-14H2,1H3. The number of benzene rings is 3. The molecular weight excluding hydrogens is 391 g/mol. The largest absolute Gasteiger partial charge is 0.497 e. The van der Waals surface area contributed by atoms with Crippen molar-refractivity contribution in [3.8, 4) is 5.75 Å². The third-order valence-electron chi connectivity index (χ3n) is 4.80. The predicted octanol–water partition coefficient (Wildman–Crippen LogP) is 4.87. The van der Waals surface area contributed by atoms with Crippen LogP contribution in [0.5, 0.6) is 5.75 Å². The van der Waals surface area contributed by atoms with Gasteiger partial charge in [-0.05, 0) is 60.2 Å². The quantitative estimate of drug-likeness (QED) is 0.618. The van der Waals surface area contributed by atoms with Crippen LogP contribution < -0.4 is 9.64 Å². The molecule has 4 rings (SSSR count). The lowest BCUT2D eigenvalue weighted by Gasteiger charge is -2.23. The Morgan fingerprint density at radius 1 is 1.07 bits per heavy atom. The molecule has 0 unspecified atom stereocenters. The Kier molecular flexibility index (Phi) is 5.32. The average molecular weight is 409 g/mol. The van der Waals surface area contributed by atoms with Gasteiger partial charge in [-0.1, -0.05) is 23.7 Å². The first-order valence-corrected chi connectivity index (χ1v) is 9.46. The Morgan fingerprint density at radius 3 is 2.48 bits per heavy atom. The van der Waals surface area contributed by atoms with E-state index in [9.17, 15) is 9.18 Å². The highest BCUT2D eigenvalue weighted by molar-refractivity contribution is 6.32. The van der Waals surface area contributed by atoms with Gasteiger partial charge in [0.05, 0.1) is 25.1 Å². The van der Waals surface area contributed by atoms with Crippen LogP contribution in [0.3, 0.4) is 0 Å². The minimum absolute atomic E-state index is 0.00480. The monoisotopic (exact) mass is 408 g/mol. The van der Waals surface area contributed by atoms with E-state index in [0.717, 1.165) is 28.1 Å². The van der Waals surface area contributed by atoms with Crippen LogP contribution in [-0.4, -0.2) is 25.3 Å². The van der Waals surface area contributed by atoms with Crippen molar-refractivity contribution < 1.29 is 13.9 Å². The van der Waals surface area contributed by atoms with E-state index >= 15 is 0 Å². The van der Waals surface area contributed by atoms with Gasteiger partial charge in [0.1, 0.15) is 18.1 Å². The van der Waals surface area contributed by atoms with Crippen LogP contribution in [0.4, 0.5) is 10.1 Å². The van der Waals surface area contributed by atoms with Gasteiger partial charge in [0.2, 0.25) is 5.91 Å². The molecule has 0 saturated carbocycles. The van der Waals surface area contributed by atoms with Gasteiger partial charge < -0.3 is 9.64 Å². The Bertz CT molecular complexity index is 1080. The van der Waals surface area contributed by atoms with E-state index in [1.54, 1.807) is 36.3 Å². The maximum atomic E-state index is 13.4. The number of ether oxygens (including phenoxy) is 1. The molecule has 0 atom stereocenters. The summed E-state index contributed by atoms with van der Waals surface area (Å²) in [5.41, 5.74) is 3.77. The van der Waals surface area contributed by atoms with E-state index in [2.05, 4.69) is 4.99 Å². The molecule has 1 heterocycles. The fraction of sp³-hybridized carbons (Fsp3) is 0.130. The molecule has 0 aliphatic carbocycles. The highest BCUT2D eigenvalue weighted by Gasteiger charge is 2.25. The predicted molar refractivity (Wildman–Crippen MR) is 113 cm³/mol. The number of hydrogen-bond donors (Lipinski definition) is 0. The molecule has 4 nitrogen and oxygen atoms in total. The molecule has 6 heteroatoms. The zero-order valence-corrected chi connectivity index (χ0v) is 16.5. The Morgan fingerprint density at radius 2 is 1.79 bits per heavy atom. The SMILES string of the molecule is COc1ccc(CN2C(=O)CN=C(c3ccc(F)cc3)c3cc(Cl)ccc32)cc1. The highest BCUT2D eigenvalue weighted by Crippen LogP contribution is 2.31. The number of carbonyl (C=O) groups excluding carboxylic acids is 1. The number of amides is 1. The van der Waals surface area contributed by atoms with Gasteiger partial charge in [-0.15, -0.1) is 0 Å². The lowest BCUT2D eigenvalue weighted by atomic mass is 10.00. The van der Waals surface area contributed by atoms with Gasteiger partial charge in [0.15, 0.2) is 0 Å². The van der Waals surface area contributed by atoms with Crippen molar-refractivity contribution >= 4 is 28.9 Å². The molecule has 0 bridgehead atoms. The molecule has 0 aromatic heterocycles. The summed E-state index contributed by atoms with van der Waals surface area (Å²) in [5, 5.41) is 0.539. The Hall–Kier alpha value is -3.18. The Labute approximate surface area is 173 Å². The molecule has 29 heavy (non-hydrogen) atoms. The van der Waals surface area contributed by atoms with E-state index < -0.39 is 0 Å². The molecule has 1 aliphatic rings. The smallest absolute Gasteiger partial charge is 0.248 e. The van der Waals surface area contributed by atoms with Gasteiger partial charge >= 0.3 is 0 Å². The van der Waals surface area contributed by atoms with Crippen molar-refractivity contribution in [2.24, 2.45) is 4.99 Å². The number of fused-ring (bicyclic) bond motifs is 1. The summed E-state index contributed by atoms with van der Waals surface area (Å²) in [5.74, 6) is 0.304. The molecule has 0 fully saturated rings. The van der Waals surface area contributed by atoms with E-state index in [1.807, 2.05) is 30.3 Å². The summed E-state index contributed by atoms with van der Waals surface area (Å²) in [7, 11) is 1.61. The van der Waals surface area contributed by atoms with Gasteiger partial charge in [0.25, 0.3) is 0 Å². The zero-order chi connectivity index (χ0) is 20.4. The van der Waals surface area contributed by atoms with Crippen molar-refractivity contribution in [2.45, 2.75) is 6.54 Å². The van der Waals surface area contributed by atoms with Crippen molar-refractivity contribution in [1.82, 2.24) is 0 Å². The average Bonchev–Trinajstić information content (AvgIpc) is 2.86. The minimum Gasteiger partial charge on any atom is -0.497 e. The number of carbonyl (C=O) groups is 1. The van der Waals surface area contributed by atoms with Gasteiger partial charge in [-0.3, -0.25) is 9.79 Å². The fourth-order valence-corrected chi connectivity index (χ4v) is 3.50. The van der Waals surface area contributed by atoms with Gasteiger partial charge in [-0.25, -0.2) is 4.39 Å². The van der Waals surface area contributed by atoms with E-state index in [4.69, 9.17) is 16.3 Å². The summed E-state index contributed by atoms with van der Waals surface area (Å²) >= 11 is 6.25. The fourth-order valence-electron chi connectivity index (χ4n) is 3.33. The number of aliphatic imine (C=N–C) groups is 1. The number of benzodiazepines with no additional fused rings is 1. The minimum atomic E-state index is -0.327. The number of anilines is 1. The maximum Gasteiger partial charge on any atom is 0.248 e. The van der Waals surface area contributed by atoms with Crippen LogP contribution in [0.2, 0.25) is 5.02 Å². The Balaban J connectivity index is 1.76. The van der Waals surface area contributed by atoms with Crippen LogP contribution >= 0.6 is 11.6 Å². The molecule has 1 aliphatic heterocycles. The van der Waals surface area contributed by atoms with Crippen LogP contribution in [-0.2, 0) is 11.3 Å². The molecule has 0 saturated heterocycles. The van der Waals surface area contributed by atoms with Crippen molar-refractivity contribution in [1.29, 1.82) is 0 Å². The number of hydrogen-bond acceptors (Lipinski definition) is 3. The first kappa shape index (κ1) is 19.2. The molecule has 0 spiro atoms. The number of rotatable bonds is 4.